The van der Waals surface area contributed by atoms with Gasteiger partial charge in [0.1, 0.15) is 5.82 Å². The second-order valence-corrected chi connectivity index (χ2v) is 5.42. The molecule has 0 amide bonds. The Morgan fingerprint density at radius 1 is 1.38 bits per heavy atom. The minimum absolute atomic E-state index is 0.623. The summed E-state index contributed by atoms with van der Waals surface area (Å²) >= 11 is 1.51. The highest BCUT2D eigenvalue weighted by molar-refractivity contribution is 7.09. The van der Waals surface area contributed by atoms with Crippen molar-refractivity contribution in [2.75, 3.05) is 11.9 Å². The Bertz CT molecular complexity index is 324. The maximum absolute atomic E-state index is 4.59. The summed E-state index contributed by atoms with van der Waals surface area (Å²) in [6, 6.07) is 0. The molecule has 1 aliphatic rings. The third kappa shape index (κ3) is 2.73. The topological polar surface area (TPSA) is 37.8 Å². The second kappa shape index (κ2) is 5.62. The van der Waals surface area contributed by atoms with Crippen molar-refractivity contribution in [2.24, 2.45) is 5.92 Å². The Kier molecular flexibility index (Phi) is 4.16. The fourth-order valence-electron chi connectivity index (χ4n) is 2.38. The van der Waals surface area contributed by atoms with Crippen molar-refractivity contribution in [2.45, 2.75) is 51.9 Å². The predicted octanol–water partition coefficient (Wildman–Crippen LogP) is 3.65. The third-order valence-electron chi connectivity index (χ3n) is 3.45. The SMILES string of the molecule is CCCNc1nc(C2CCC(CC)C2)ns1. The molecule has 16 heavy (non-hydrogen) atoms. The lowest BCUT2D eigenvalue weighted by Crippen LogP contribution is -2.01. The molecule has 1 saturated carbocycles. The maximum atomic E-state index is 4.59. The molecular formula is C12H21N3S. The van der Waals surface area contributed by atoms with Gasteiger partial charge < -0.3 is 5.32 Å². The van der Waals surface area contributed by atoms with Crippen molar-refractivity contribution >= 4 is 16.7 Å². The monoisotopic (exact) mass is 239 g/mol. The number of hydrogen-bond acceptors (Lipinski definition) is 4. The van der Waals surface area contributed by atoms with Gasteiger partial charge in [0.05, 0.1) is 0 Å². The summed E-state index contributed by atoms with van der Waals surface area (Å²) in [5.41, 5.74) is 0. The van der Waals surface area contributed by atoms with Crippen LogP contribution in [-0.4, -0.2) is 15.9 Å². The van der Waals surface area contributed by atoms with Crippen molar-refractivity contribution in [3.05, 3.63) is 5.82 Å². The van der Waals surface area contributed by atoms with E-state index in [9.17, 15) is 0 Å². The molecule has 1 aromatic rings. The van der Waals surface area contributed by atoms with Crippen LogP contribution in [0.3, 0.4) is 0 Å². The van der Waals surface area contributed by atoms with Gasteiger partial charge >= 0.3 is 0 Å². The largest absolute Gasteiger partial charge is 0.360 e. The van der Waals surface area contributed by atoms with Crippen LogP contribution in [-0.2, 0) is 0 Å². The Balaban J connectivity index is 1.92. The molecule has 1 aliphatic carbocycles. The number of nitrogens with zero attached hydrogens (tertiary/aromatic N) is 2. The Hall–Kier alpha value is -0.640. The van der Waals surface area contributed by atoms with E-state index in [0.29, 0.717) is 5.92 Å². The van der Waals surface area contributed by atoms with E-state index in [1.807, 2.05) is 0 Å². The van der Waals surface area contributed by atoms with E-state index in [-0.39, 0.29) is 0 Å². The summed E-state index contributed by atoms with van der Waals surface area (Å²) in [6.07, 6.45) is 6.37. The molecule has 2 unspecified atom stereocenters. The summed E-state index contributed by atoms with van der Waals surface area (Å²) in [5, 5.41) is 4.31. The van der Waals surface area contributed by atoms with Gasteiger partial charge in [-0.15, -0.1) is 0 Å². The van der Waals surface area contributed by atoms with Crippen LogP contribution in [0.5, 0.6) is 0 Å². The van der Waals surface area contributed by atoms with Crippen LogP contribution in [0.4, 0.5) is 5.13 Å². The van der Waals surface area contributed by atoms with E-state index >= 15 is 0 Å². The summed E-state index contributed by atoms with van der Waals surface area (Å²) in [4.78, 5) is 4.59. The van der Waals surface area contributed by atoms with E-state index in [2.05, 4.69) is 28.5 Å². The number of hydrogen-bond donors (Lipinski definition) is 1. The zero-order valence-corrected chi connectivity index (χ0v) is 11.0. The van der Waals surface area contributed by atoms with Gasteiger partial charge in [0.2, 0.25) is 5.13 Å². The summed E-state index contributed by atoms with van der Waals surface area (Å²) in [6.45, 7) is 5.45. The Morgan fingerprint density at radius 2 is 2.25 bits per heavy atom. The zero-order valence-electron chi connectivity index (χ0n) is 10.2. The first-order valence-corrected chi connectivity index (χ1v) is 7.18. The van der Waals surface area contributed by atoms with Gasteiger partial charge in [0.25, 0.3) is 0 Å². The highest BCUT2D eigenvalue weighted by Crippen LogP contribution is 2.39. The molecule has 0 spiro atoms. The van der Waals surface area contributed by atoms with Gasteiger partial charge in [0.15, 0.2) is 0 Å². The fraction of sp³-hybridized carbons (Fsp3) is 0.833. The molecule has 1 aromatic heterocycles. The van der Waals surface area contributed by atoms with Gasteiger partial charge in [-0.25, -0.2) is 4.98 Å². The molecule has 2 atom stereocenters. The zero-order chi connectivity index (χ0) is 11.4. The molecule has 4 heteroatoms. The van der Waals surface area contributed by atoms with Crippen LogP contribution >= 0.6 is 11.5 Å². The molecule has 0 aromatic carbocycles. The number of nitrogens with one attached hydrogen (secondary N) is 1. The molecule has 90 valence electrons. The van der Waals surface area contributed by atoms with Crippen molar-refractivity contribution in [3.63, 3.8) is 0 Å². The molecule has 0 saturated heterocycles. The summed E-state index contributed by atoms with van der Waals surface area (Å²) in [5.74, 6) is 2.61. The number of anilines is 1. The molecule has 0 radical (unpaired) electrons. The molecule has 3 nitrogen and oxygen atoms in total. The number of aromatic nitrogens is 2. The normalized spacial score (nSPS) is 24.9. The van der Waals surface area contributed by atoms with Crippen molar-refractivity contribution < 1.29 is 0 Å². The van der Waals surface area contributed by atoms with Crippen LogP contribution in [0.1, 0.15) is 57.7 Å². The first-order valence-electron chi connectivity index (χ1n) is 6.41. The number of rotatable bonds is 5. The Labute approximate surface area is 102 Å². The van der Waals surface area contributed by atoms with E-state index < -0.39 is 0 Å². The van der Waals surface area contributed by atoms with Crippen molar-refractivity contribution in [1.82, 2.24) is 9.36 Å². The first-order chi connectivity index (χ1) is 7.83. The van der Waals surface area contributed by atoms with Crippen LogP contribution in [0.15, 0.2) is 0 Å². The van der Waals surface area contributed by atoms with E-state index in [1.165, 1.54) is 37.2 Å². The minimum atomic E-state index is 0.623. The summed E-state index contributed by atoms with van der Waals surface area (Å²) < 4.78 is 4.49. The lowest BCUT2D eigenvalue weighted by atomic mass is 10.0. The average molecular weight is 239 g/mol. The maximum Gasteiger partial charge on any atom is 0.202 e. The first kappa shape index (κ1) is 11.8. The third-order valence-corrected chi connectivity index (χ3v) is 4.14. The fourth-order valence-corrected chi connectivity index (χ4v) is 3.06. The Morgan fingerprint density at radius 3 is 2.94 bits per heavy atom. The van der Waals surface area contributed by atoms with Gasteiger partial charge in [-0.05, 0) is 31.6 Å². The standard InChI is InChI=1S/C12H21N3S/c1-3-7-13-12-14-11(15-16-12)10-6-5-9(4-2)8-10/h9-10H,3-8H2,1-2H3,(H,13,14,15). The molecule has 1 N–H and O–H groups in total. The van der Waals surface area contributed by atoms with Crippen LogP contribution in [0.2, 0.25) is 0 Å². The molecule has 0 aliphatic heterocycles. The van der Waals surface area contributed by atoms with Crippen LogP contribution in [0, 0.1) is 5.92 Å². The minimum Gasteiger partial charge on any atom is -0.360 e. The average Bonchev–Trinajstić information content (AvgIpc) is 2.94. The van der Waals surface area contributed by atoms with Gasteiger partial charge in [0, 0.05) is 24.0 Å². The van der Waals surface area contributed by atoms with E-state index in [4.69, 9.17) is 0 Å². The van der Waals surface area contributed by atoms with Gasteiger partial charge in [-0.3, -0.25) is 0 Å². The van der Waals surface area contributed by atoms with Crippen LogP contribution < -0.4 is 5.32 Å². The lowest BCUT2D eigenvalue weighted by molar-refractivity contribution is 0.518. The van der Waals surface area contributed by atoms with Gasteiger partial charge in [-0.2, -0.15) is 4.37 Å². The molecule has 0 bridgehead atoms. The molecular weight excluding hydrogens is 218 g/mol. The highest BCUT2D eigenvalue weighted by Gasteiger charge is 2.27. The van der Waals surface area contributed by atoms with Crippen molar-refractivity contribution in [1.29, 1.82) is 0 Å². The molecule has 2 rings (SSSR count). The van der Waals surface area contributed by atoms with Gasteiger partial charge in [-0.1, -0.05) is 20.3 Å². The lowest BCUT2D eigenvalue weighted by Gasteiger charge is -2.05. The summed E-state index contributed by atoms with van der Waals surface area (Å²) in [7, 11) is 0. The highest BCUT2D eigenvalue weighted by atomic mass is 32.1. The smallest absolute Gasteiger partial charge is 0.202 e. The van der Waals surface area contributed by atoms with Crippen LogP contribution in [0.25, 0.3) is 0 Å². The van der Waals surface area contributed by atoms with E-state index in [1.54, 1.807) is 0 Å². The van der Waals surface area contributed by atoms with E-state index in [0.717, 1.165) is 29.8 Å². The molecule has 1 fully saturated rings. The molecule has 1 heterocycles. The van der Waals surface area contributed by atoms with Crippen molar-refractivity contribution in [3.8, 4) is 0 Å². The quantitative estimate of drug-likeness (QED) is 0.852. The predicted molar refractivity (Wildman–Crippen MR) is 69.1 cm³/mol. The second-order valence-electron chi connectivity index (χ2n) is 4.67.